The van der Waals surface area contributed by atoms with E-state index in [1.54, 1.807) is 41.2 Å². The third-order valence-corrected chi connectivity index (χ3v) is 6.68. The second-order valence-electron chi connectivity index (χ2n) is 6.45. The number of sulfonamides is 1. The number of carbonyl (C=O) groups excluding carboxylic acids is 1. The Morgan fingerprint density at radius 1 is 1.11 bits per heavy atom. The number of ketones is 1. The lowest BCUT2D eigenvalue weighted by atomic mass is 10.1. The highest BCUT2D eigenvalue weighted by molar-refractivity contribution is 7.89. The molecule has 8 heteroatoms. The summed E-state index contributed by atoms with van der Waals surface area (Å²) >= 11 is 6.00. The van der Waals surface area contributed by atoms with E-state index < -0.39 is 16.1 Å². The maximum Gasteiger partial charge on any atom is 0.243 e. The summed E-state index contributed by atoms with van der Waals surface area (Å²) in [6, 6.07) is 12.3. The van der Waals surface area contributed by atoms with Crippen molar-refractivity contribution in [3.63, 3.8) is 0 Å². The number of Topliss-reactive ketones (excluding diaryl/α,β-unsaturated/α-hetero) is 1. The standard InChI is InChI=1S/C20H20ClN3O3S/c1-14(25)15-6-10-18(11-7-15)28(26,27)24(3)19(20-22-12-13-23(20)2)16-4-8-17(21)9-5-16/h4-13,19H,1-3H3/t19-/m1/s1. The van der Waals surface area contributed by atoms with Gasteiger partial charge in [-0.1, -0.05) is 35.9 Å². The van der Waals surface area contributed by atoms with Gasteiger partial charge in [0.25, 0.3) is 0 Å². The van der Waals surface area contributed by atoms with Crippen LogP contribution >= 0.6 is 11.6 Å². The van der Waals surface area contributed by atoms with Crippen molar-refractivity contribution in [3.05, 3.63) is 82.9 Å². The Bertz CT molecular complexity index is 1090. The molecule has 0 saturated carbocycles. The number of benzene rings is 2. The van der Waals surface area contributed by atoms with Crippen LogP contribution in [0.3, 0.4) is 0 Å². The van der Waals surface area contributed by atoms with Crippen LogP contribution in [0.4, 0.5) is 0 Å². The van der Waals surface area contributed by atoms with Crippen molar-refractivity contribution in [2.24, 2.45) is 7.05 Å². The number of hydrogen-bond donors (Lipinski definition) is 0. The van der Waals surface area contributed by atoms with Crippen LogP contribution in [-0.4, -0.2) is 35.1 Å². The highest BCUT2D eigenvalue weighted by atomic mass is 35.5. The van der Waals surface area contributed by atoms with Gasteiger partial charge in [0.2, 0.25) is 10.0 Å². The van der Waals surface area contributed by atoms with Gasteiger partial charge in [0.1, 0.15) is 11.9 Å². The highest BCUT2D eigenvalue weighted by Gasteiger charge is 2.32. The molecule has 6 nitrogen and oxygen atoms in total. The van der Waals surface area contributed by atoms with Gasteiger partial charge in [-0.25, -0.2) is 13.4 Å². The van der Waals surface area contributed by atoms with Gasteiger partial charge >= 0.3 is 0 Å². The van der Waals surface area contributed by atoms with Crippen LogP contribution in [0.2, 0.25) is 5.02 Å². The van der Waals surface area contributed by atoms with Crippen molar-refractivity contribution >= 4 is 27.4 Å². The summed E-state index contributed by atoms with van der Waals surface area (Å²) in [5.74, 6) is 0.457. The SMILES string of the molecule is CC(=O)c1ccc(S(=O)(=O)N(C)[C@H](c2ccc(Cl)cc2)c2nccn2C)cc1. The van der Waals surface area contributed by atoms with E-state index in [9.17, 15) is 13.2 Å². The first-order chi connectivity index (χ1) is 13.2. The largest absolute Gasteiger partial charge is 0.336 e. The van der Waals surface area contributed by atoms with Crippen molar-refractivity contribution in [2.75, 3.05) is 7.05 Å². The minimum atomic E-state index is -3.85. The van der Waals surface area contributed by atoms with Crippen LogP contribution in [0.15, 0.2) is 65.8 Å². The molecule has 0 radical (unpaired) electrons. The third kappa shape index (κ3) is 3.87. The summed E-state index contributed by atoms with van der Waals surface area (Å²) in [7, 11) is -0.517. The van der Waals surface area contributed by atoms with Gasteiger partial charge < -0.3 is 4.57 Å². The van der Waals surface area contributed by atoms with Crippen LogP contribution in [0.25, 0.3) is 0 Å². The number of hydrogen-bond acceptors (Lipinski definition) is 4. The minimum absolute atomic E-state index is 0.105. The topological polar surface area (TPSA) is 72.3 Å². The van der Waals surface area contributed by atoms with E-state index in [4.69, 9.17) is 11.6 Å². The Kier molecular flexibility index (Phi) is 5.69. The average Bonchev–Trinajstić information content (AvgIpc) is 3.09. The smallest absolute Gasteiger partial charge is 0.243 e. The molecule has 0 spiro atoms. The van der Waals surface area contributed by atoms with E-state index in [1.165, 1.54) is 42.5 Å². The minimum Gasteiger partial charge on any atom is -0.336 e. The maximum absolute atomic E-state index is 13.3. The zero-order valence-corrected chi connectivity index (χ0v) is 17.3. The highest BCUT2D eigenvalue weighted by Crippen LogP contribution is 2.31. The molecular formula is C20H20ClN3O3S. The molecule has 2 aromatic carbocycles. The van der Waals surface area contributed by atoms with E-state index in [0.717, 1.165) is 5.56 Å². The first kappa shape index (κ1) is 20.3. The molecule has 0 N–H and O–H groups in total. The van der Waals surface area contributed by atoms with Gasteiger partial charge in [-0.15, -0.1) is 0 Å². The molecule has 3 rings (SSSR count). The number of imidazole rings is 1. The predicted octanol–water partition coefficient (Wildman–Crippen LogP) is 3.69. The predicted molar refractivity (Wildman–Crippen MR) is 108 cm³/mol. The molecule has 0 amide bonds. The lowest BCUT2D eigenvalue weighted by molar-refractivity contribution is 0.101. The molecule has 28 heavy (non-hydrogen) atoms. The Morgan fingerprint density at radius 3 is 2.21 bits per heavy atom. The van der Waals surface area contributed by atoms with Gasteiger partial charge in [-0.3, -0.25) is 4.79 Å². The number of rotatable bonds is 6. The summed E-state index contributed by atoms with van der Waals surface area (Å²) in [4.78, 5) is 15.9. The fourth-order valence-electron chi connectivity index (χ4n) is 2.97. The van der Waals surface area contributed by atoms with Crippen molar-refractivity contribution in [3.8, 4) is 0 Å². The molecule has 0 saturated heterocycles. The molecule has 1 aromatic heterocycles. The van der Waals surface area contributed by atoms with Crippen LogP contribution in [0.1, 0.15) is 34.7 Å². The van der Waals surface area contributed by atoms with Gasteiger partial charge in [-0.2, -0.15) is 4.31 Å². The summed E-state index contributed by atoms with van der Waals surface area (Å²) in [6.07, 6.45) is 3.39. The van der Waals surface area contributed by atoms with Gasteiger partial charge in [0.15, 0.2) is 5.78 Å². The average molecular weight is 418 g/mol. The summed E-state index contributed by atoms with van der Waals surface area (Å²) in [6.45, 7) is 1.44. The van der Waals surface area contributed by atoms with E-state index >= 15 is 0 Å². The number of nitrogens with zero attached hydrogens (tertiary/aromatic N) is 3. The number of aryl methyl sites for hydroxylation is 1. The zero-order chi connectivity index (χ0) is 20.5. The van der Waals surface area contributed by atoms with Crippen LogP contribution in [-0.2, 0) is 17.1 Å². The fourth-order valence-corrected chi connectivity index (χ4v) is 4.41. The molecule has 0 aliphatic rings. The van der Waals surface area contributed by atoms with E-state index in [1.807, 2.05) is 7.05 Å². The number of aromatic nitrogens is 2. The van der Waals surface area contributed by atoms with Gasteiger partial charge in [-0.05, 0) is 36.8 Å². The Hall–Kier alpha value is -2.48. The fraction of sp³-hybridized carbons (Fsp3) is 0.200. The summed E-state index contributed by atoms with van der Waals surface area (Å²) < 4.78 is 29.6. The van der Waals surface area contributed by atoms with Crippen molar-refractivity contribution in [1.29, 1.82) is 0 Å². The van der Waals surface area contributed by atoms with Gasteiger partial charge in [0, 0.05) is 37.1 Å². The molecule has 146 valence electrons. The Morgan fingerprint density at radius 2 is 1.71 bits per heavy atom. The monoisotopic (exact) mass is 417 g/mol. The first-order valence-electron chi connectivity index (χ1n) is 8.53. The van der Waals surface area contributed by atoms with Crippen LogP contribution < -0.4 is 0 Å². The third-order valence-electron chi connectivity index (χ3n) is 4.59. The molecule has 0 aliphatic heterocycles. The maximum atomic E-state index is 13.3. The van der Waals surface area contributed by atoms with E-state index in [0.29, 0.717) is 16.4 Å². The lowest BCUT2D eigenvalue weighted by Gasteiger charge is -2.27. The van der Waals surface area contributed by atoms with E-state index in [-0.39, 0.29) is 10.7 Å². The molecule has 3 aromatic rings. The molecule has 1 atom stereocenters. The normalized spacial score (nSPS) is 12.9. The Labute approximate surface area is 169 Å². The summed E-state index contributed by atoms with van der Waals surface area (Å²) in [5.41, 5.74) is 1.20. The number of carbonyl (C=O) groups is 1. The van der Waals surface area contributed by atoms with Crippen molar-refractivity contribution in [2.45, 2.75) is 17.9 Å². The quantitative estimate of drug-likeness (QED) is 0.573. The lowest BCUT2D eigenvalue weighted by Crippen LogP contribution is -2.33. The summed E-state index contributed by atoms with van der Waals surface area (Å²) in [5, 5.41) is 0.563. The first-order valence-corrected chi connectivity index (χ1v) is 10.4. The molecule has 0 aliphatic carbocycles. The zero-order valence-electron chi connectivity index (χ0n) is 15.7. The van der Waals surface area contributed by atoms with Crippen molar-refractivity contribution < 1.29 is 13.2 Å². The van der Waals surface area contributed by atoms with Crippen LogP contribution in [0.5, 0.6) is 0 Å². The molecule has 0 bridgehead atoms. The second-order valence-corrected chi connectivity index (χ2v) is 8.89. The number of halogens is 1. The Balaban J connectivity index is 2.07. The van der Waals surface area contributed by atoms with E-state index in [2.05, 4.69) is 4.98 Å². The van der Waals surface area contributed by atoms with Gasteiger partial charge in [0.05, 0.1) is 4.90 Å². The molecule has 0 fully saturated rings. The second kappa shape index (κ2) is 7.87. The molecule has 1 heterocycles. The molecular weight excluding hydrogens is 398 g/mol. The van der Waals surface area contributed by atoms with Crippen molar-refractivity contribution in [1.82, 2.24) is 13.9 Å². The molecule has 0 unspecified atom stereocenters. The van der Waals surface area contributed by atoms with Crippen LogP contribution in [0, 0.1) is 0 Å².